The molecule has 1 aromatic rings. The number of rotatable bonds is 6. The van der Waals surface area contributed by atoms with Gasteiger partial charge in [-0.05, 0) is 23.6 Å². The van der Waals surface area contributed by atoms with Crippen molar-refractivity contribution in [2.45, 2.75) is 26.7 Å². The third-order valence-corrected chi connectivity index (χ3v) is 3.76. The first-order valence-corrected chi connectivity index (χ1v) is 7.35. The lowest BCUT2D eigenvalue weighted by Gasteiger charge is -2.27. The summed E-state index contributed by atoms with van der Waals surface area (Å²) in [4.78, 5) is 25.0. The Kier molecular flexibility index (Phi) is 6.21. The van der Waals surface area contributed by atoms with Gasteiger partial charge < -0.3 is 10.0 Å². The van der Waals surface area contributed by atoms with Gasteiger partial charge in [0.2, 0.25) is 5.91 Å². The normalized spacial score (nSPS) is 13.8. The van der Waals surface area contributed by atoms with Gasteiger partial charge in [-0.2, -0.15) is 0 Å². The number of halogens is 1. The van der Waals surface area contributed by atoms with Crippen LogP contribution in [0.4, 0.5) is 0 Å². The fourth-order valence-corrected chi connectivity index (χ4v) is 2.43. The van der Waals surface area contributed by atoms with Crippen LogP contribution >= 0.6 is 11.6 Å². The SMILES string of the molecule is CC(CN(C)C(=O)C(c1ccc(Cl)cc1)C(C)C)C(=O)O. The van der Waals surface area contributed by atoms with Crippen molar-refractivity contribution in [1.29, 1.82) is 0 Å². The molecule has 5 heteroatoms. The Morgan fingerprint density at radius 2 is 1.71 bits per heavy atom. The molecule has 116 valence electrons. The summed E-state index contributed by atoms with van der Waals surface area (Å²) in [6, 6.07) is 7.22. The minimum atomic E-state index is -0.901. The van der Waals surface area contributed by atoms with E-state index in [1.807, 2.05) is 26.0 Å². The zero-order chi connectivity index (χ0) is 16.2. The molecular weight excluding hydrogens is 290 g/mol. The number of hydrogen-bond donors (Lipinski definition) is 1. The van der Waals surface area contributed by atoms with Crippen molar-refractivity contribution in [3.05, 3.63) is 34.9 Å². The maximum atomic E-state index is 12.6. The zero-order valence-corrected chi connectivity index (χ0v) is 13.6. The van der Waals surface area contributed by atoms with E-state index in [-0.39, 0.29) is 24.3 Å². The molecule has 0 aliphatic rings. The Hall–Kier alpha value is -1.55. The van der Waals surface area contributed by atoms with Crippen molar-refractivity contribution in [3.63, 3.8) is 0 Å². The molecule has 0 aliphatic heterocycles. The quantitative estimate of drug-likeness (QED) is 0.877. The third kappa shape index (κ3) is 4.74. The van der Waals surface area contributed by atoms with Crippen molar-refractivity contribution >= 4 is 23.5 Å². The molecule has 0 saturated carbocycles. The first-order valence-electron chi connectivity index (χ1n) is 6.97. The van der Waals surface area contributed by atoms with Crippen LogP contribution in [0.5, 0.6) is 0 Å². The minimum absolute atomic E-state index is 0.0691. The summed E-state index contributed by atoms with van der Waals surface area (Å²) in [5.74, 6) is -1.74. The molecule has 1 rings (SSSR count). The van der Waals surface area contributed by atoms with Gasteiger partial charge in [0.1, 0.15) is 0 Å². The van der Waals surface area contributed by atoms with Gasteiger partial charge in [-0.15, -0.1) is 0 Å². The highest BCUT2D eigenvalue weighted by molar-refractivity contribution is 6.30. The highest BCUT2D eigenvalue weighted by Gasteiger charge is 2.28. The van der Waals surface area contributed by atoms with Gasteiger partial charge in [0.15, 0.2) is 0 Å². The Bertz CT molecular complexity index is 499. The largest absolute Gasteiger partial charge is 0.481 e. The first-order chi connectivity index (χ1) is 9.73. The summed E-state index contributed by atoms with van der Waals surface area (Å²) in [6.07, 6.45) is 0. The second kappa shape index (κ2) is 7.46. The van der Waals surface area contributed by atoms with Crippen molar-refractivity contribution in [2.75, 3.05) is 13.6 Å². The lowest BCUT2D eigenvalue weighted by molar-refractivity contribution is -0.143. The van der Waals surface area contributed by atoms with Crippen molar-refractivity contribution in [1.82, 2.24) is 4.90 Å². The summed E-state index contributed by atoms with van der Waals surface area (Å²) in [5.41, 5.74) is 0.897. The van der Waals surface area contributed by atoms with E-state index in [0.717, 1.165) is 5.56 Å². The average molecular weight is 312 g/mol. The van der Waals surface area contributed by atoms with Gasteiger partial charge in [-0.1, -0.05) is 44.5 Å². The number of likely N-dealkylation sites (N-methyl/N-ethyl adjacent to an activating group) is 1. The number of aliphatic carboxylic acids is 1. The number of carbonyl (C=O) groups is 2. The third-order valence-electron chi connectivity index (χ3n) is 3.51. The lowest BCUT2D eigenvalue weighted by atomic mass is 9.87. The Morgan fingerprint density at radius 3 is 2.14 bits per heavy atom. The highest BCUT2D eigenvalue weighted by atomic mass is 35.5. The van der Waals surface area contributed by atoms with E-state index in [2.05, 4.69) is 0 Å². The Labute approximate surface area is 130 Å². The molecule has 0 fully saturated rings. The van der Waals surface area contributed by atoms with Gasteiger partial charge in [-0.3, -0.25) is 9.59 Å². The molecule has 0 heterocycles. The molecule has 0 saturated heterocycles. The summed E-state index contributed by atoms with van der Waals surface area (Å²) in [5, 5.41) is 9.58. The van der Waals surface area contributed by atoms with Gasteiger partial charge in [0, 0.05) is 18.6 Å². The number of carboxylic acids is 1. The number of amides is 1. The lowest BCUT2D eigenvalue weighted by Crippen LogP contribution is -2.38. The van der Waals surface area contributed by atoms with Crippen LogP contribution in [0.15, 0.2) is 24.3 Å². The molecular formula is C16H22ClNO3. The fraction of sp³-hybridized carbons (Fsp3) is 0.500. The molecule has 4 nitrogen and oxygen atoms in total. The molecule has 2 unspecified atom stereocenters. The van der Waals surface area contributed by atoms with E-state index < -0.39 is 11.9 Å². The minimum Gasteiger partial charge on any atom is -0.481 e. The number of nitrogens with zero attached hydrogens (tertiary/aromatic N) is 1. The second-order valence-electron chi connectivity index (χ2n) is 5.73. The monoisotopic (exact) mass is 311 g/mol. The molecule has 21 heavy (non-hydrogen) atoms. The predicted octanol–water partition coefficient (Wildman–Crippen LogP) is 3.26. The molecule has 0 radical (unpaired) electrons. The number of benzene rings is 1. The number of carboxylic acid groups (broad SMARTS) is 1. The molecule has 2 atom stereocenters. The van der Waals surface area contributed by atoms with Crippen LogP contribution in [-0.2, 0) is 9.59 Å². The summed E-state index contributed by atoms with van der Waals surface area (Å²) < 4.78 is 0. The van der Waals surface area contributed by atoms with E-state index in [0.29, 0.717) is 5.02 Å². The maximum absolute atomic E-state index is 12.6. The number of carbonyl (C=O) groups excluding carboxylic acids is 1. The van der Waals surface area contributed by atoms with Crippen LogP contribution in [-0.4, -0.2) is 35.5 Å². The van der Waals surface area contributed by atoms with E-state index >= 15 is 0 Å². The first kappa shape index (κ1) is 17.5. The summed E-state index contributed by atoms with van der Waals surface area (Å²) in [7, 11) is 1.65. The highest BCUT2D eigenvalue weighted by Crippen LogP contribution is 2.27. The average Bonchev–Trinajstić information content (AvgIpc) is 2.40. The predicted molar refractivity (Wildman–Crippen MR) is 83.5 cm³/mol. The standard InChI is InChI=1S/C16H22ClNO3/c1-10(2)14(12-5-7-13(17)8-6-12)15(19)18(4)9-11(3)16(20)21/h5-8,10-11,14H,9H2,1-4H3,(H,20,21). The van der Waals surface area contributed by atoms with Crippen molar-refractivity contribution < 1.29 is 14.7 Å². The second-order valence-corrected chi connectivity index (χ2v) is 6.17. The van der Waals surface area contributed by atoms with Crippen molar-refractivity contribution in [2.24, 2.45) is 11.8 Å². The zero-order valence-electron chi connectivity index (χ0n) is 12.8. The summed E-state index contributed by atoms with van der Waals surface area (Å²) >= 11 is 5.88. The molecule has 1 amide bonds. The topological polar surface area (TPSA) is 57.6 Å². The Morgan fingerprint density at radius 1 is 1.19 bits per heavy atom. The molecule has 0 spiro atoms. The molecule has 0 aromatic heterocycles. The van der Waals surface area contributed by atoms with Crippen molar-refractivity contribution in [3.8, 4) is 0 Å². The molecule has 0 aliphatic carbocycles. The van der Waals surface area contributed by atoms with Gasteiger partial charge in [-0.25, -0.2) is 0 Å². The van der Waals surface area contributed by atoms with Gasteiger partial charge in [0.25, 0.3) is 0 Å². The van der Waals surface area contributed by atoms with E-state index in [9.17, 15) is 9.59 Å². The van der Waals surface area contributed by atoms with E-state index in [4.69, 9.17) is 16.7 Å². The van der Waals surface area contributed by atoms with Crippen LogP contribution in [0.3, 0.4) is 0 Å². The number of hydrogen-bond acceptors (Lipinski definition) is 2. The van der Waals surface area contributed by atoms with Crippen LogP contribution in [0, 0.1) is 11.8 Å². The fourth-order valence-electron chi connectivity index (χ4n) is 2.30. The maximum Gasteiger partial charge on any atom is 0.308 e. The van der Waals surface area contributed by atoms with Crippen LogP contribution in [0.2, 0.25) is 5.02 Å². The summed E-state index contributed by atoms with van der Waals surface area (Å²) in [6.45, 7) is 5.75. The molecule has 1 aromatic carbocycles. The van der Waals surface area contributed by atoms with E-state index in [1.165, 1.54) is 4.90 Å². The molecule has 0 bridgehead atoms. The van der Waals surface area contributed by atoms with E-state index in [1.54, 1.807) is 26.1 Å². The van der Waals surface area contributed by atoms with Crippen LogP contribution in [0.1, 0.15) is 32.3 Å². The van der Waals surface area contributed by atoms with Gasteiger partial charge >= 0.3 is 5.97 Å². The molecule has 1 N–H and O–H groups in total. The van der Waals surface area contributed by atoms with Crippen LogP contribution in [0.25, 0.3) is 0 Å². The van der Waals surface area contributed by atoms with Gasteiger partial charge in [0.05, 0.1) is 11.8 Å². The van der Waals surface area contributed by atoms with Crippen LogP contribution < -0.4 is 0 Å². The Balaban J connectivity index is 2.92. The smallest absolute Gasteiger partial charge is 0.308 e.